The average Bonchev–Trinajstić information content (AvgIpc) is 3.53. The second-order valence-corrected chi connectivity index (χ2v) is 11.6. The van der Waals surface area contributed by atoms with Crippen LogP contribution in [0.25, 0.3) is 22.3 Å². The second kappa shape index (κ2) is 10.7. The molecule has 2 heterocycles. The zero-order valence-corrected chi connectivity index (χ0v) is 24.8. The van der Waals surface area contributed by atoms with Crippen LogP contribution in [0.3, 0.4) is 0 Å². The largest absolute Gasteiger partial charge is 0.510 e. The lowest BCUT2D eigenvalue weighted by atomic mass is 9.78. The number of pyridine rings is 1. The number of methoxy groups -OCH3 is 1. The van der Waals surface area contributed by atoms with Gasteiger partial charge < -0.3 is 29.8 Å². The predicted octanol–water partition coefficient (Wildman–Crippen LogP) is -2.70. The molecule has 5 aliphatic rings. The van der Waals surface area contributed by atoms with E-state index in [0.717, 1.165) is 13.2 Å². The number of morpholine rings is 1. The smallest absolute Gasteiger partial charge is 0.260 e. The van der Waals surface area contributed by atoms with Gasteiger partial charge in [0.2, 0.25) is 16.3 Å². The molecular weight excluding hydrogens is 616 g/mol. The van der Waals surface area contributed by atoms with Crippen molar-refractivity contribution in [2.24, 2.45) is 5.10 Å². The Morgan fingerprint density at radius 1 is 1.00 bits per heavy atom. The molecule has 15 nitrogen and oxygen atoms in total. The summed E-state index contributed by atoms with van der Waals surface area (Å²) in [4.78, 5) is 82.9. The number of aryl methyl sites for hydroxylation is 1. The number of fused-ring (bicyclic) bond motifs is 4. The van der Waals surface area contributed by atoms with Crippen molar-refractivity contribution in [1.82, 2.24) is 15.3 Å². The average molecular weight is 643 g/mol. The molecule has 1 aromatic heterocycles. The van der Waals surface area contributed by atoms with E-state index in [1.165, 1.54) is 12.3 Å². The first kappa shape index (κ1) is 30.0. The molecule has 240 valence electrons. The van der Waals surface area contributed by atoms with Crippen LogP contribution in [0.1, 0.15) is 23.2 Å². The molecule has 1 aromatic carbocycles. The van der Waals surface area contributed by atoms with Gasteiger partial charge in [-0.3, -0.25) is 33.7 Å². The van der Waals surface area contributed by atoms with E-state index in [1.54, 1.807) is 6.07 Å². The number of phenolic OH excluding ortho intramolecular Hbond substituents is 1. The predicted molar refractivity (Wildman–Crippen MR) is 166 cm³/mol. The highest BCUT2D eigenvalue weighted by Gasteiger charge is 2.53. The van der Waals surface area contributed by atoms with Crippen molar-refractivity contribution in [1.29, 1.82) is 0 Å². The molecule has 7 rings (SSSR count). The summed E-state index contributed by atoms with van der Waals surface area (Å²) in [5.74, 6) is -2.99. The van der Waals surface area contributed by atoms with Gasteiger partial charge in [-0.2, -0.15) is 5.10 Å². The number of hydrogen-bond acceptors (Lipinski definition) is 13. The molecule has 1 fully saturated rings. The van der Waals surface area contributed by atoms with Crippen LogP contribution in [-0.4, -0.2) is 77.3 Å². The van der Waals surface area contributed by atoms with Gasteiger partial charge in [-0.05, 0) is 29.9 Å². The Kier molecular flexibility index (Phi) is 6.84. The topological polar surface area (TPSA) is 225 Å². The number of aromatic hydroxyl groups is 1. The standard InChI is InChI=1S/C32H26N4O11/c1-46-17-10-16(37)20-21(25(17)39)27(41)23-22(26(20)40)29(43)32(30(23)44)3-2-13-8-14-9-15(34-31(45)19(14)28(42)24(13)32)11-33-35-18(38)12-36-4-6-47-7-5-36/h8-11,42-44H,2-7,12H2,1H3,(H,34,45)(H,35,38). The van der Waals surface area contributed by atoms with Gasteiger partial charge >= 0.3 is 0 Å². The molecule has 2 aromatic rings. The molecule has 15 heteroatoms. The minimum Gasteiger partial charge on any atom is -0.510 e. The first-order chi connectivity index (χ1) is 22.5. The number of carbonyl (C=O) groups excluding carboxylic acids is 1. The van der Waals surface area contributed by atoms with Gasteiger partial charge in [-0.15, -0.1) is 0 Å². The normalized spacial score (nSPS) is 19.3. The number of benzene rings is 1. The number of hydrazone groups is 1. The van der Waals surface area contributed by atoms with Crippen molar-refractivity contribution in [3.8, 4) is 11.5 Å². The molecule has 1 aliphatic heterocycles. The Balaban J connectivity index is 1.34. The minimum absolute atomic E-state index is 0.0939. The van der Waals surface area contributed by atoms with E-state index in [2.05, 4.69) is 15.5 Å². The highest BCUT2D eigenvalue weighted by Crippen LogP contribution is 2.54. The van der Waals surface area contributed by atoms with Crippen LogP contribution in [0, 0.1) is 10.4 Å². The van der Waals surface area contributed by atoms with Crippen molar-refractivity contribution in [3.63, 3.8) is 0 Å². The van der Waals surface area contributed by atoms with Crippen molar-refractivity contribution >= 4 is 34.4 Å². The molecule has 1 spiro atoms. The maximum Gasteiger partial charge on any atom is 0.260 e. The summed E-state index contributed by atoms with van der Waals surface area (Å²) >= 11 is 0. The van der Waals surface area contributed by atoms with Crippen LogP contribution >= 0.6 is 0 Å². The Morgan fingerprint density at radius 3 is 2.36 bits per heavy atom. The van der Waals surface area contributed by atoms with Gasteiger partial charge in [0.1, 0.15) is 22.7 Å². The van der Waals surface area contributed by atoms with Gasteiger partial charge in [0.25, 0.3) is 11.5 Å². The number of phenols is 1. The van der Waals surface area contributed by atoms with Gasteiger partial charge in [0, 0.05) is 24.7 Å². The molecular formula is C32H26N4O11. The number of rotatable bonds is 5. The lowest BCUT2D eigenvalue weighted by Crippen LogP contribution is -2.51. The number of ether oxygens (including phenoxy) is 2. The molecule has 1 amide bonds. The van der Waals surface area contributed by atoms with Gasteiger partial charge in [0.05, 0.1) is 65.0 Å². The number of aromatic amines is 1. The Hall–Kier alpha value is -5.67. The zero-order valence-electron chi connectivity index (χ0n) is 24.8. The number of hydrogen-bond donors (Lipinski definition) is 5. The van der Waals surface area contributed by atoms with E-state index < -0.39 is 76.6 Å². The summed E-state index contributed by atoms with van der Waals surface area (Å²) in [7, 11) is 1.11. The minimum atomic E-state index is -2.00. The summed E-state index contributed by atoms with van der Waals surface area (Å²) in [6.45, 7) is 2.42. The summed E-state index contributed by atoms with van der Waals surface area (Å²) in [6, 6.07) is 3.85. The van der Waals surface area contributed by atoms with Gasteiger partial charge in [-0.1, -0.05) is 6.07 Å². The molecule has 0 bridgehead atoms. The molecule has 47 heavy (non-hydrogen) atoms. The quantitative estimate of drug-likeness (QED) is 0.111. The molecule has 5 N–H and O–H groups in total. The van der Waals surface area contributed by atoms with Crippen LogP contribution in [0.5, 0.6) is 11.5 Å². The van der Waals surface area contributed by atoms with E-state index in [-0.39, 0.29) is 47.3 Å². The Morgan fingerprint density at radius 2 is 1.68 bits per heavy atom. The van der Waals surface area contributed by atoms with Crippen LogP contribution < -0.4 is 47.9 Å². The van der Waals surface area contributed by atoms with Crippen LogP contribution in [0.15, 0.2) is 47.3 Å². The number of aliphatic hydroxyl groups excluding tert-OH is 2. The van der Waals surface area contributed by atoms with Crippen molar-refractivity contribution in [2.45, 2.75) is 18.3 Å². The van der Waals surface area contributed by atoms with E-state index >= 15 is 0 Å². The van der Waals surface area contributed by atoms with E-state index in [0.29, 0.717) is 31.9 Å². The molecule has 1 saturated heterocycles. The fourth-order valence-corrected chi connectivity index (χ4v) is 7.01. The summed E-state index contributed by atoms with van der Waals surface area (Å²) in [5, 5.41) is 35.8. The Labute approximate surface area is 261 Å². The van der Waals surface area contributed by atoms with Crippen LogP contribution in [-0.2, 0) is 21.4 Å². The molecule has 1 unspecified atom stereocenters. The third-order valence-electron chi connectivity index (χ3n) is 9.14. The molecule has 0 radical (unpaired) electrons. The lowest BCUT2D eigenvalue weighted by molar-refractivity contribution is -0.123. The Bertz CT molecular complexity index is 2560. The number of H-pyrrole nitrogens is 1. The number of nitrogens with zero attached hydrogens (tertiary/aromatic N) is 2. The molecule has 1 atom stereocenters. The molecule has 4 aliphatic carbocycles. The number of carbonyl (C=O) groups is 1. The SMILES string of the molecule is COc1cc(=O)c2c(=O)c3c(c(=O)c=2c1=O)=C(O)C1(CCc2cc4cc(C=NNC(=O)CN5CCOCC5)[nH]c(=O)c4c(O)c21)C=3O. The second-order valence-electron chi connectivity index (χ2n) is 11.6. The third-order valence-corrected chi connectivity index (χ3v) is 9.14. The number of aliphatic hydroxyl groups is 2. The third kappa shape index (κ3) is 4.23. The highest BCUT2D eigenvalue weighted by atomic mass is 16.5. The highest BCUT2D eigenvalue weighted by molar-refractivity contribution is 5.96. The summed E-state index contributed by atoms with van der Waals surface area (Å²) < 4.78 is 10.2. The van der Waals surface area contributed by atoms with E-state index in [4.69, 9.17) is 9.47 Å². The maximum absolute atomic E-state index is 13.6. The van der Waals surface area contributed by atoms with Crippen molar-refractivity contribution < 1.29 is 29.6 Å². The monoisotopic (exact) mass is 642 g/mol. The lowest BCUT2D eigenvalue weighted by Gasteiger charge is -2.27. The first-order valence-corrected chi connectivity index (χ1v) is 14.6. The van der Waals surface area contributed by atoms with Crippen molar-refractivity contribution in [3.05, 3.63) is 107 Å². The van der Waals surface area contributed by atoms with Gasteiger partial charge in [0.15, 0.2) is 11.2 Å². The number of amides is 1. The van der Waals surface area contributed by atoms with Crippen LogP contribution in [0.4, 0.5) is 0 Å². The van der Waals surface area contributed by atoms with Crippen molar-refractivity contribution in [2.75, 3.05) is 40.0 Å². The molecule has 0 saturated carbocycles. The summed E-state index contributed by atoms with van der Waals surface area (Å²) in [5.41, 5.74) is -4.14. The van der Waals surface area contributed by atoms with Crippen LogP contribution in [0.2, 0.25) is 0 Å². The van der Waals surface area contributed by atoms with E-state index in [9.17, 15) is 44.1 Å². The summed E-state index contributed by atoms with van der Waals surface area (Å²) in [6.07, 6.45) is 1.24. The van der Waals surface area contributed by atoms with Gasteiger partial charge in [-0.25, -0.2) is 5.43 Å². The fraction of sp³-hybridized carbons (Fsp3) is 0.281. The maximum atomic E-state index is 13.6. The van der Waals surface area contributed by atoms with E-state index in [1.807, 2.05) is 4.90 Å². The number of nitrogens with one attached hydrogen (secondary N) is 2. The zero-order chi connectivity index (χ0) is 33.4. The fourth-order valence-electron chi connectivity index (χ4n) is 7.01. The first-order valence-electron chi connectivity index (χ1n) is 14.6. The number of aromatic nitrogens is 1.